The van der Waals surface area contributed by atoms with Crippen molar-refractivity contribution < 1.29 is 9.53 Å². The van der Waals surface area contributed by atoms with Gasteiger partial charge in [0.1, 0.15) is 0 Å². The van der Waals surface area contributed by atoms with Crippen LogP contribution in [0.4, 0.5) is 0 Å². The molecule has 0 amide bonds. The predicted molar refractivity (Wildman–Crippen MR) is 72.4 cm³/mol. The first-order chi connectivity index (χ1) is 8.13. The van der Waals surface area contributed by atoms with Gasteiger partial charge in [-0.3, -0.25) is 9.79 Å². The fourth-order valence-corrected chi connectivity index (χ4v) is 2.72. The Morgan fingerprint density at radius 2 is 2.41 bits per heavy atom. The van der Waals surface area contributed by atoms with Crippen molar-refractivity contribution in [1.29, 1.82) is 0 Å². The van der Waals surface area contributed by atoms with Crippen LogP contribution in [0.5, 0.6) is 0 Å². The van der Waals surface area contributed by atoms with Crippen molar-refractivity contribution in [1.82, 2.24) is 5.32 Å². The molecule has 5 heteroatoms. The van der Waals surface area contributed by atoms with Crippen LogP contribution < -0.4 is 5.32 Å². The van der Waals surface area contributed by atoms with E-state index in [1.165, 1.54) is 0 Å². The highest BCUT2D eigenvalue weighted by molar-refractivity contribution is 8.14. The van der Waals surface area contributed by atoms with E-state index >= 15 is 0 Å². The molecular weight excluding hydrogens is 236 g/mol. The number of amidine groups is 1. The summed E-state index contributed by atoms with van der Waals surface area (Å²) in [6.07, 6.45) is 1.22. The van der Waals surface area contributed by atoms with Gasteiger partial charge in [0.2, 0.25) is 0 Å². The highest BCUT2D eigenvalue weighted by atomic mass is 32.2. The van der Waals surface area contributed by atoms with Gasteiger partial charge in [-0.2, -0.15) is 0 Å². The van der Waals surface area contributed by atoms with Crippen molar-refractivity contribution in [3.63, 3.8) is 0 Å². The van der Waals surface area contributed by atoms with Crippen molar-refractivity contribution in [2.45, 2.75) is 39.7 Å². The van der Waals surface area contributed by atoms with Crippen molar-refractivity contribution in [3.8, 4) is 0 Å². The van der Waals surface area contributed by atoms with E-state index in [-0.39, 0.29) is 5.97 Å². The van der Waals surface area contributed by atoms with Gasteiger partial charge < -0.3 is 10.1 Å². The average molecular weight is 258 g/mol. The summed E-state index contributed by atoms with van der Waals surface area (Å²) in [4.78, 5) is 15.5. The topological polar surface area (TPSA) is 50.7 Å². The Bertz CT molecular complexity index is 280. The van der Waals surface area contributed by atoms with E-state index in [2.05, 4.69) is 24.2 Å². The van der Waals surface area contributed by atoms with Crippen molar-refractivity contribution >= 4 is 22.9 Å². The number of esters is 1. The summed E-state index contributed by atoms with van der Waals surface area (Å²) in [5, 5.41) is 4.42. The van der Waals surface area contributed by atoms with Crippen molar-refractivity contribution in [3.05, 3.63) is 0 Å². The maximum absolute atomic E-state index is 11.1. The van der Waals surface area contributed by atoms with Gasteiger partial charge in [0, 0.05) is 24.8 Å². The molecule has 0 aromatic rings. The van der Waals surface area contributed by atoms with Gasteiger partial charge in [0.25, 0.3) is 0 Å². The highest BCUT2D eigenvalue weighted by Crippen LogP contribution is 2.18. The van der Waals surface area contributed by atoms with Crippen LogP contribution in [-0.2, 0) is 9.53 Å². The number of hydrogen-bond donors (Lipinski definition) is 1. The molecule has 17 heavy (non-hydrogen) atoms. The number of thioether (sulfide) groups is 1. The molecule has 1 saturated heterocycles. The monoisotopic (exact) mass is 258 g/mol. The van der Waals surface area contributed by atoms with Crippen molar-refractivity contribution in [2.24, 2.45) is 10.9 Å². The first-order valence-electron chi connectivity index (χ1n) is 6.23. The van der Waals surface area contributed by atoms with Crippen molar-refractivity contribution in [2.75, 3.05) is 18.9 Å². The van der Waals surface area contributed by atoms with Crippen LogP contribution in [0.2, 0.25) is 0 Å². The number of nitrogens with one attached hydrogen (secondary N) is 1. The van der Waals surface area contributed by atoms with Gasteiger partial charge in [-0.25, -0.2) is 0 Å². The molecule has 4 nitrogen and oxygen atoms in total. The smallest absolute Gasteiger partial charge is 0.305 e. The second kappa shape index (κ2) is 7.58. The number of ether oxygens (including phenoxy) is 1. The summed E-state index contributed by atoms with van der Waals surface area (Å²) < 4.78 is 4.85. The highest BCUT2D eigenvalue weighted by Gasteiger charge is 2.22. The van der Waals surface area contributed by atoms with E-state index in [1.54, 1.807) is 11.8 Å². The lowest BCUT2D eigenvalue weighted by Crippen LogP contribution is -2.31. The van der Waals surface area contributed by atoms with E-state index in [0.29, 0.717) is 31.5 Å². The molecule has 0 aromatic carbocycles. The Kier molecular flexibility index (Phi) is 6.40. The van der Waals surface area contributed by atoms with Crippen LogP contribution in [-0.4, -0.2) is 36.1 Å². The number of nitrogens with zero attached hydrogens (tertiary/aromatic N) is 1. The minimum atomic E-state index is -0.125. The molecule has 1 fully saturated rings. The number of carbonyl (C=O) groups excluding carboxylic acids is 1. The Hall–Kier alpha value is -0.710. The minimum absolute atomic E-state index is 0.125. The third kappa shape index (κ3) is 5.44. The van der Waals surface area contributed by atoms with Gasteiger partial charge in [0.05, 0.1) is 6.61 Å². The Morgan fingerprint density at radius 1 is 1.65 bits per heavy atom. The molecule has 0 bridgehead atoms. The molecule has 98 valence electrons. The van der Waals surface area contributed by atoms with E-state index in [0.717, 1.165) is 17.3 Å². The van der Waals surface area contributed by atoms with Crippen LogP contribution in [0.25, 0.3) is 0 Å². The molecule has 1 N–H and O–H groups in total. The van der Waals surface area contributed by atoms with Gasteiger partial charge in [-0.1, -0.05) is 25.6 Å². The van der Waals surface area contributed by atoms with Crippen LogP contribution in [0.15, 0.2) is 4.99 Å². The third-order valence-corrected chi connectivity index (χ3v) is 3.66. The first-order valence-corrected chi connectivity index (χ1v) is 7.21. The predicted octanol–water partition coefficient (Wildman–Crippen LogP) is 2.05. The largest absolute Gasteiger partial charge is 0.466 e. The summed E-state index contributed by atoms with van der Waals surface area (Å²) in [6, 6.07) is 0.531. The number of carbonyl (C=O) groups is 1. The normalized spacial score (nSPS) is 21.9. The zero-order valence-electron chi connectivity index (χ0n) is 10.9. The lowest BCUT2D eigenvalue weighted by Gasteiger charge is -2.12. The molecule has 1 atom stereocenters. The molecule has 0 spiro atoms. The molecule has 1 aliphatic rings. The Morgan fingerprint density at radius 3 is 3.00 bits per heavy atom. The third-order valence-electron chi connectivity index (χ3n) is 2.61. The molecule has 1 aliphatic heterocycles. The summed E-state index contributed by atoms with van der Waals surface area (Å²) in [5.41, 5.74) is 0. The second-order valence-electron chi connectivity index (χ2n) is 4.40. The number of aliphatic imine (C=N–C) groups is 1. The van der Waals surface area contributed by atoms with E-state index < -0.39 is 0 Å². The quantitative estimate of drug-likeness (QED) is 0.585. The molecule has 1 rings (SSSR count). The average Bonchev–Trinajstić information content (AvgIpc) is 2.73. The minimum Gasteiger partial charge on any atom is -0.466 e. The van der Waals surface area contributed by atoms with Crippen LogP contribution in [0, 0.1) is 5.92 Å². The standard InChI is InChI=1S/C12H22N2O2S/c1-4-16-11(15)6-5-7-13-12-14-10(8-17-12)9(2)3/h9-10H,4-8H2,1-3H3,(H,13,14)/t10-/m1/s1. The molecule has 0 aromatic heterocycles. The SMILES string of the molecule is CCOC(=O)CCCN=C1N[C@@H](C(C)C)CS1. The van der Waals surface area contributed by atoms with Crippen LogP contribution in [0.1, 0.15) is 33.6 Å². The molecule has 0 unspecified atom stereocenters. The molecule has 0 radical (unpaired) electrons. The number of hydrogen-bond acceptors (Lipinski definition) is 4. The number of rotatable bonds is 6. The Labute approximate surface area is 108 Å². The molecule has 0 saturated carbocycles. The van der Waals surface area contributed by atoms with E-state index in [9.17, 15) is 4.79 Å². The fourth-order valence-electron chi connectivity index (χ4n) is 1.50. The Balaban J connectivity index is 2.16. The molecule has 1 heterocycles. The summed E-state index contributed by atoms with van der Waals surface area (Å²) in [6.45, 7) is 7.40. The fraction of sp³-hybridized carbons (Fsp3) is 0.833. The lowest BCUT2D eigenvalue weighted by atomic mass is 10.1. The first kappa shape index (κ1) is 14.4. The lowest BCUT2D eigenvalue weighted by molar-refractivity contribution is -0.143. The zero-order valence-corrected chi connectivity index (χ0v) is 11.7. The van der Waals surface area contributed by atoms with E-state index in [4.69, 9.17) is 4.74 Å². The molecular formula is C12H22N2O2S. The summed E-state index contributed by atoms with van der Waals surface area (Å²) >= 11 is 1.77. The van der Waals surface area contributed by atoms with Gasteiger partial charge in [-0.05, 0) is 19.3 Å². The maximum atomic E-state index is 11.1. The maximum Gasteiger partial charge on any atom is 0.305 e. The van der Waals surface area contributed by atoms with Gasteiger partial charge in [-0.15, -0.1) is 0 Å². The van der Waals surface area contributed by atoms with E-state index in [1.807, 2.05) is 6.92 Å². The van der Waals surface area contributed by atoms with Crippen LogP contribution >= 0.6 is 11.8 Å². The summed E-state index contributed by atoms with van der Waals surface area (Å²) in [7, 11) is 0. The summed E-state index contributed by atoms with van der Waals surface area (Å²) in [5.74, 6) is 1.60. The second-order valence-corrected chi connectivity index (χ2v) is 5.41. The van der Waals surface area contributed by atoms with Gasteiger partial charge >= 0.3 is 5.97 Å². The van der Waals surface area contributed by atoms with Crippen LogP contribution in [0.3, 0.4) is 0 Å². The molecule has 0 aliphatic carbocycles. The van der Waals surface area contributed by atoms with Gasteiger partial charge in [0.15, 0.2) is 5.17 Å². The zero-order chi connectivity index (χ0) is 12.7.